The van der Waals surface area contributed by atoms with Crippen molar-refractivity contribution >= 4 is 0 Å². The molecule has 0 amide bonds. The molecule has 3 aliphatic rings. The number of hydrogen-bond donors (Lipinski definition) is 1. The molecular formula is C16H23N3O. The van der Waals surface area contributed by atoms with Gasteiger partial charge in [0.05, 0.1) is 11.4 Å². The Morgan fingerprint density at radius 1 is 1.20 bits per heavy atom. The molecule has 108 valence electrons. The number of fused-ring (bicyclic) bond motifs is 1. The summed E-state index contributed by atoms with van der Waals surface area (Å²) in [4.78, 5) is 9.90. The van der Waals surface area contributed by atoms with Crippen LogP contribution in [0.4, 0.5) is 0 Å². The molecule has 0 aromatic carbocycles. The van der Waals surface area contributed by atoms with E-state index in [2.05, 4.69) is 5.32 Å². The summed E-state index contributed by atoms with van der Waals surface area (Å²) in [7, 11) is 1.81. The van der Waals surface area contributed by atoms with Crippen LogP contribution in [0.2, 0.25) is 0 Å². The molecule has 1 aliphatic heterocycles. The molecule has 0 spiro atoms. The summed E-state index contributed by atoms with van der Waals surface area (Å²) in [5, 5.41) is 3.47. The zero-order valence-corrected chi connectivity index (χ0v) is 12.2. The number of methoxy groups -OCH3 is 1. The van der Waals surface area contributed by atoms with Crippen molar-refractivity contribution in [2.24, 2.45) is 0 Å². The van der Waals surface area contributed by atoms with Crippen LogP contribution in [-0.4, -0.2) is 23.6 Å². The third-order valence-electron chi connectivity index (χ3n) is 5.42. The van der Waals surface area contributed by atoms with Gasteiger partial charge in [0, 0.05) is 38.1 Å². The SMILES string of the molecule is COC1(c2nc3c(c(C4CCC4)n2)CNCC3)CCC1. The fourth-order valence-corrected chi connectivity index (χ4v) is 3.61. The van der Waals surface area contributed by atoms with E-state index in [9.17, 15) is 0 Å². The second-order valence-electron chi connectivity index (χ2n) is 6.46. The molecule has 0 radical (unpaired) electrons. The summed E-state index contributed by atoms with van der Waals surface area (Å²) in [5.74, 6) is 1.63. The number of aromatic nitrogens is 2. The number of rotatable bonds is 3. The first-order valence-corrected chi connectivity index (χ1v) is 7.98. The largest absolute Gasteiger partial charge is 0.370 e. The Balaban J connectivity index is 1.80. The fourth-order valence-electron chi connectivity index (χ4n) is 3.61. The number of hydrogen-bond acceptors (Lipinski definition) is 4. The highest BCUT2D eigenvalue weighted by atomic mass is 16.5. The van der Waals surface area contributed by atoms with Gasteiger partial charge in [0.2, 0.25) is 0 Å². The van der Waals surface area contributed by atoms with E-state index >= 15 is 0 Å². The van der Waals surface area contributed by atoms with Gasteiger partial charge in [-0.2, -0.15) is 0 Å². The van der Waals surface area contributed by atoms with Crippen molar-refractivity contribution in [3.8, 4) is 0 Å². The Morgan fingerprint density at radius 2 is 2.05 bits per heavy atom. The van der Waals surface area contributed by atoms with E-state index in [4.69, 9.17) is 14.7 Å². The van der Waals surface area contributed by atoms with Gasteiger partial charge in [-0.1, -0.05) is 6.42 Å². The summed E-state index contributed by atoms with van der Waals surface area (Å²) in [6, 6.07) is 0. The van der Waals surface area contributed by atoms with E-state index in [0.29, 0.717) is 5.92 Å². The minimum absolute atomic E-state index is 0.182. The van der Waals surface area contributed by atoms with Gasteiger partial charge in [-0.25, -0.2) is 9.97 Å². The lowest BCUT2D eigenvalue weighted by atomic mass is 9.77. The van der Waals surface area contributed by atoms with E-state index in [0.717, 1.165) is 38.2 Å². The average molecular weight is 273 g/mol. The van der Waals surface area contributed by atoms with Crippen molar-refractivity contribution in [2.45, 2.75) is 63.0 Å². The molecule has 0 atom stereocenters. The Hall–Kier alpha value is -1.00. The van der Waals surface area contributed by atoms with Gasteiger partial charge in [-0.15, -0.1) is 0 Å². The highest BCUT2D eigenvalue weighted by molar-refractivity contribution is 5.33. The first kappa shape index (κ1) is 12.7. The van der Waals surface area contributed by atoms with Crippen LogP contribution < -0.4 is 5.32 Å². The summed E-state index contributed by atoms with van der Waals surface area (Å²) in [6.45, 7) is 1.98. The van der Waals surface area contributed by atoms with E-state index in [1.54, 1.807) is 0 Å². The van der Waals surface area contributed by atoms with Crippen LogP contribution in [0.1, 0.15) is 67.2 Å². The lowest BCUT2D eigenvalue weighted by Crippen LogP contribution is -2.40. The lowest BCUT2D eigenvalue weighted by Gasteiger charge is -2.40. The van der Waals surface area contributed by atoms with Crippen LogP contribution >= 0.6 is 0 Å². The highest BCUT2D eigenvalue weighted by Gasteiger charge is 2.43. The molecule has 1 aromatic heterocycles. The van der Waals surface area contributed by atoms with Crippen molar-refractivity contribution in [2.75, 3.05) is 13.7 Å². The van der Waals surface area contributed by atoms with Gasteiger partial charge in [0.25, 0.3) is 0 Å². The fraction of sp³-hybridized carbons (Fsp3) is 0.750. The van der Waals surface area contributed by atoms with Crippen molar-refractivity contribution in [3.05, 3.63) is 22.8 Å². The van der Waals surface area contributed by atoms with Gasteiger partial charge in [-0.05, 0) is 32.1 Å². The third-order valence-corrected chi connectivity index (χ3v) is 5.42. The maximum absolute atomic E-state index is 5.80. The Kier molecular flexibility index (Phi) is 3.04. The summed E-state index contributed by atoms with van der Waals surface area (Å²) in [6.07, 6.45) is 8.35. The predicted octanol–water partition coefficient (Wildman–Crippen LogP) is 2.42. The molecule has 4 nitrogen and oxygen atoms in total. The smallest absolute Gasteiger partial charge is 0.160 e. The molecule has 0 saturated heterocycles. The van der Waals surface area contributed by atoms with Crippen LogP contribution in [0, 0.1) is 0 Å². The van der Waals surface area contributed by atoms with E-state index in [1.807, 2.05) is 7.11 Å². The maximum atomic E-state index is 5.80. The maximum Gasteiger partial charge on any atom is 0.160 e. The van der Waals surface area contributed by atoms with Crippen molar-refractivity contribution in [1.29, 1.82) is 0 Å². The molecule has 0 unspecified atom stereocenters. The number of nitrogens with zero attached hydrogens (tertiary/aromatic N) is 2. The molecular weight excluding hydrogens is 250 g/mol. The van der Waals surface area contributed by atoms with E-state index in [-0.39, 0.29) is 5.60 Å². The zero-order valence-electron chi connectivity index (χ0n) is 12.2. The van der Waals surface area contributed by atoms with Crippen molar-refractivity contribution in [1.82, 2.24) is 15.3 Å². The van der Waals surface area contributed by atoms with E-state index < -0.39 is 0 Å². The Bertz CT molecular complexity index is 515. The van der Waals surface area contributed by atoms with E-state index in [1.165, 1.54) is 42.6 Å². The van der Waals surface area contributed by atoms with Crippen LogP contribution in [0.15, 0.2) is 0 Å². The average Bonchev–Trinajstić information content (AvgIpc) is 2.36. The monoisotopic (exact) mass is 273 g/mol. The lowest BCUT2D eigenvalue weighted by molar-refractivity contribution is -0.0850. The summed E-state index contributed by atoms with van der Waals surface area (Å²) in [5.41, 5.74) is 3.80. The molecule has 1 aromatic rings. The van der Waals surface area contributed by atoms with Gasteiger partial charge >= 0.3 is 0 Å². The van der Waals surface area contributed by atoms with Crippen LogP contribution in [-0.2, 0) is 23.3 Å². The normalized spacial score (nSPS) is 24.6. The third kappa shape index (κ3) is 1.81. The molecule has 4 rings (SSSR count). The van der Waals surface area contributed by atoms with Gasteiger partial charge in [0.1, 0.15) is 5.60 Å². The number of ether oxygens (including phenoxy) is 1. The van der Waals surface area contributed by atoms with Crippen LogP contribution in [0.3, 0.4) is 0 Å². The second-order valence-corrected chi connectivity index (χ2v) is 6.46. The predicted molar refractivity (Wildman–Crippen MR) is 76.6 cm³/mol. The first-order chi connectivity index (χ1) is 9.82. The topological polar surface area (TPSA) is 47.0 Å². The molecule has 0 bridgehead atoms. The van der Waals surface area contributed by atoms with Gasteiger partial charge < -0.3 is 10.1 Å². The van der Waals surface area contributed by atoms with Crippen molar-refractivity contribution in [3.63, 3.8) is 0 Å². The summed E-state index contributed by atoms with van der Waals surface area (Å²) >= 11 is 0. The van der Waals surface area contributed by atoms with Gasteiger partial charge in [0.15, 0.2) is 5.82 Å². The molecule has 2 aliphatic carbocycles. The Morgan fingerprint density at radius 3 is 2.65 bits per heavy atom. The summed E-state index contributed by atoms with van der Waals surface area (Å²) < 4.78 is 5.80. The zero-order chi connectivity index (χ0) is 13.6. The quantitative estimate of drug-likeness (QED) is 0.918. The minimum Gasteiger partial charge on any atom is -0.370 e. The van der Waals surface area contributed by atoms with Crippen molar-refractivity contribution < 1.29 is 4.74 Å². The highest BCUT2D eigenvalue weighted by Crippen LogP contribution is 2.45. The van der Waals surface area contributed by atoms with Crippen LogP contribution in [0.25, 0.3) is 0 Å². The first-order valence-electron chi connectivity index (χ1n) is 7.98. The van der Waals surface area contributed by atoms with Gasteiger partial charge in [-0.3, -0.25) is 0 Å². The molecule has 1 N–H and O–H groups in total. The second kappa shape index (κ2) is 4.78. The minimum atomic E-state index is -0.182. The van der Waals surface area contributed by atoms with Crippen LogP contribution in [0.5, 0.6) is 0 Å². The molecule has 4 heteroatoms. The molecule has 20 heavy (non-hydrogen) atoms. The molecule has 2 heterocycles. The number of nitrogens with one attached hydrogen (secondary N) is 1. The standard InChI is InChI=1S/C16H23N3O/c1-20-16(7-3-8-16)15-18-13-6-9-17-10-12(13)14(19-15)11-4-2-5-11/h11,17H,2-10H2,1H3. The Labute approximate surface area is 120 Å². The molecule has 2 saturated carbocycles. The molecule has 2 fully saturated rings.